The fourth-order valence-electron chi connectivity index (χ4n) is 3.33. The van der Waals surface area contributed by atoms with Crippen LogP contribution in [0.1, 0.15) is 51.0 Å². The van der Waals surface area contributed by atoms with E-state index in [4.69, 9.17) is 7.25 Å². The molecule has 3 rings (SSSR count). The molecule has 0 fully saturated rings. The Labute approximate surface area is 209 Å². The van der Waals surface area contributed by atoms with E-state index in [0.29, 0.717) is 0 Å². The molecule has 6 heteroatoms. The highest BCUT2D eigenvalue weighted by molar-refractivity contribution is 7.86. The SMILES string of the molecule is CCCCCCCCOc1ccc(-c2ccc([I+]OS(=O)(=O)c3ccc(C)cc3)cc2)cc1. The van der Waals surface area contributed by atoms with Crippen LogP contribution in [0.3, 0.4) is 0 Å². The highest BCUT2D eigenvalue weighted by atomic mass is 127. The number of benzene rings is 3. The van der Waals surface area contributed by atoms with Crippen molar-refractivity contribution in [1.29, 1.82) is 0 Å². The largest absolute Gasteiger partial charge is 0.540 e. The number of unbranched alkanes of at least 4 members (excludes halogenated alkanes) is 5. The van der Waals surface area contributed by atoms with Crippen LogP contribution in [0.25, 0.3) is 11.1 Å². The van der Waals surface area contributed by atoms with Crippen LogP contribution in [0.15, 0.2) is 77.7 Å². The first-order chi connectivity index (χ1) is 16.0. The standard InChI is InChI=1S/C27H32IO4S/c1-3-4-5-6-7-8-21-31-26-17-13-24(14-18-26)23-11-15-25(16-12-23)28-32-33(29,30)27-19-9-22(2)10-20-27/h9-20H,3-8,21H2,1-2H3/q+1. The maximum Gasteiger partial charge on any atom is 0.540 e. The van der Waals surface area contributed by atoms with Gasteiger partial charge >= 0.3 is 31.7 Å². The highest BCUT2D eigenvalue weighted by Crippen LogP contribution is 2.22. The van der Waals surface area contributed by atoms with Gasteiger partial charge < -0.3 is 4.74 Å². The molecule has 0 atom stereocenters. The summed E-state index contributed by atoms with van der Waals surface area (Å²) < 4.78 is 36.9. The molecule has 176 valence electrons. The van der Waals surface area contributed by atoms with Gasteiger partial charge in [0, 0.05) is 0 Å². The van der Waals surface area contributed by atoms with Crippen molar-refractivity contribution in [2.45, 2.75) is 57.3 Å². The van der Waals surface area contributed by atoms with E-state index in [0.717, 1.165) is 39.0 Å². The summed E-state index contributed by atoms with van der Waals surface area (Å²) in [5.74, 6) is 0.893. The van der Waals surface area contributed by atoms with E-state index >= 15 is 0 Å². The van der Waals surface area contributed by atoms with Crippen LogP contribution < -0.4 is 26.4 Å². The lowest BCUT2D eigenvalue weighted by atomic mass is 10.1. The van der Waals surface area contributed by atoms with Gasteiger partial charge in [-0.05, 0) is 75.5 Å². The average molecular weight is 580 g/mol. The minimum absolute atomic E-state index is 0.197. The molecule has 33 heavy (non-hydrogen) atoms. The summed E-state index contributed by atoms with van der Waals surface area (Å²) >= 11 is -1.11. The molecule has 0 N–H and O–H groups in total. The van der Waals surface area contributed by atoms with Gasteiger partial charge in [-0.15, -0.1) is 0 Å². The van der Waals surface area contributed by atoms with Gasteiger partial charge in [-0.2, -0.15) is 8.42 Å². The van der Waals surface area contributed by atoms with Crippen molar-refractivity contribution in [3.05, 3.63) is 81.9 Å². The Morgan fingerprint density at radius 2 is 1.30 bits per heavy atom. The van der Waals surface area contributed by atoms with Crippen LogP contribution in [0.2, 0.25) is 0 Å². The Balaban J connectivity index is 1.48. The van der Waals surface area contributed by atoms with E-state index in [2.05, 4.69) is 19.1 Å². The second kappa shape index (κ2) is 13.1. The van der Waals surface area contributed by atoms with Crippen molar-refractivity contribution in [3.63, 3.8) is 0 Å². The number of hydrogen-bond acceptors (Lipinski definition) is 4. The summed E-state index contributed by atoms with van der Waals surface area (Å²) in [6.07, 6.45) is 7.53. The molecular formula is C27H32IO4S+. The zero-order chi connectivity index (χ0) is 23.5. The lowest BCUT2D eigenvalue weighted by molar-refractivity contribution is -0.837. The van der Waals surface area contributed by atoms with Crippen molar-refractivity contribution in [3.8, 4) is 16.9 Å². The molecule has 0 radical (unpaired) electrons. The molecule has 0 aliphatic heterocycles. The molecule has 3 aromatic rings. The summed E-state index contributed by atoms with van der Waals surface area (Å²) in [6, 6.07) is 22.7. The van der Waals surface area contributed by atoms with Gasteiger partial charge in [0.05, 0.1) is 11.5 Å². The van der Waals surface area contributed by atoms with Crippen molar-refractivity contribution >= 4 is 10.1 Å². The predicted octanol–water partition coefficient (Wildman–Crippen LogP) is 3.98. The van der Waals surface area contributed by atoms with E-state index in [1.54, 1.807) is 24.3 Å². The molecule has 0 saturated heterocycles. The van der Waals surface area contributed by atoms with Gasteiger partial charge in [0.25, 0.3) is 0 Å². The molecule has 4 nitrogen and oxygen atoms in total. The van der Waals surface area contributed by atoms with E-state index in [1.807, 2.05) is 43.3 Å². The number of hydrogen-bond donors (Lipinski definition) is 0. The van der Waals surface area contributed by atoms with Crippen molar-refractivity contribution in [2.75, 3.05) is 6.61 Å². The molecule has 0 aliphatic carbocycles. The van der Waals surface area contributed by atoms with Gasteiger partial charge in [0.2, 0.25) is 3.57 Å². The minimum atomic E-state index is -3.72. The normalized spacial score (nSPS) is 11.5. The van der Waals surface area contributed by atoms with E-state index < -0.39 is 31.7 Å². The highest BCUT2D eigenvalue weighted by Gasteiger charge is 2.27. The summed E-state index contributed by atoms with van der Waals surface area (Å²) in [7, 11) is -3.72. The number of rotatable bonds is 13. The zero-order valence-electron chi connectivity index (χ0n) is 19.3. The molecule has 0 heterocycles. The molecule has 0 aromatic heterocycles. The van der Waals surface area contributed by atoms with Crippen LogP contribution in [-0.2, 0) is 12.6 Å². The van der Waals surface area contributed by atoms with Crippen LogP contribution in [0.5, 0.6) is 5.75 Å². The summed E-state index contributed by atoms with van der Waals surface area (Å²) in [4.78, 5) is 0.197. The Kier molecular flexibility index (Phi) is 10.2. The minimum Gasteiger partial charge on any atom is -0.494 e. The first-order valence-corrected chi connectivity index (χ1v) is 14.8. The van der Waals surface area contributed by atoms with Gasteiger partial charge in [0.15, 0.2) is 0 Å². The van der Waals surface area contributed by atoms with Crippen LogP contribution in [0, 0.1) is 10.5 Å². The zero-order valence-corrected chi connectivity index (χ0v) is 22.3. The molecule has 0 bridgehead atoms. The molecule has 0 spiro atoms. The van der Waals surface area contributed by atoms with E-state index in [-0.39, 0.29) is 4.90 Å². The van der Waals surface area contributed by atoms with Gasteiger partial charge in [0.1, 0.15) is 5.75 Å². The second-order valence-corrected chi connectivity index (χ2v) is 12.3. The first kappa shape index (κ1) is 25.7. The second-order valence-electron chi connectivity index (χ2n) is 8.05. The van der Waals surface area contributed by atoms with Gasteiger partial charge in [-0.25, -0.2) is 0 Å². The summed E-state index contributed by atoms with van der Waals surface area (Å²) in [5, 5.41) is 0. The molecule has 3 aromatic carbocycles. The van der Waals surface area contributed by atoms with Crippen molar-refractivity contribution < 1.29 is 37.3 Å². The molecular weight excluding hydrogens is 547 g/mol. The Morgan fingerprint density at radius 1 is 0.727 bits per heavy atom. The van der Waals surface area contributed by atoms with Gasteiger partial charge in [-0.3, -0.25) is 0 Å². The monoisotopic (exact) mass is 579 g/mol. The Bertz CT molecular complexity index is 1080. The quantitative estimate of drug-likeness (QED) is 0.227. The maximum absolute atomic E-state index is 12.4. The lowest BCUT2D eigenvalue weighted by Crippen LogP contribution is -3.61. The number of aryl methyl sites for hydroxylation is 1. The fourth-order valence-corrected chi connectivity index (χ4v) is 6.64. The van der Waals surface area contributed by atoms with Crippen LogP contribution >= 0.6 is 0 Å². The lowest BCUT2D eigenvalue weighted by Gasteiger charge is -2.07. The third kappa shape index (κ3) is 8.43. The molecule has 0 aliphatic rings. The van der Waals surface area contributed by atoms with Crippen LogP contribution in [0.4, 0.5) is 0 Å². The van der Waals surface area contributed by atoms with Crippen LogP contribution in [-0.4, -0.2) is 15.0 Å². The Morgan fingerprint density at radius 3 is 1.94 bits per heavy atom. The van der Waals surface area contributed by atoms with Crippen molar-refractivity contribution in [1.82, 2.24) is 0 Å². The fraction of sp³-hybridized carbons (Fsp3) is 0.333. The molecule has 0 saturated carbocycles. The maximum atomic E-state index is 12.4. The Hall–Kier alpha value is -1.90. The summed E-state index contributed by atoms with van der Waals surface area (Å²) in [6.45, 7) is 4.91. The topological polar surface area (TPSA) is 52.6 Å². The number of halogens is 1. The molecule has 0 unspecified atom stereocenters. The third-order valence-electron chi connectivity index (χ3n) is 5.31. The average Bonchev–Trinajstić information content (AvgIpc) is 2.83. The first-order valence-electron chi connectivity index (χ1n) is 11.5. The molecule has 0 amide bonds. The smallest absolute Gasteiger partial charge is 0.494 e. The third-order valence-corrected chi connectivity index (χ3v) is 9.58. The van der Waals surface area contributed by atoms with Gasteiger partial charge in [-0.1, -0.05) is 68.9 Å². The predicted molar refractivity (Wildman–Crippen MR) is 129 cm³/mol. The summed E-state index contributed by atoms with van der Waals surface area (Å²) in [5.41, 5.74) is 3.18. The van der Waals surface area contributed by atoms with E-state index in [9.17, 15) is 8.42 Å². The number of ether oxygens (including phenoxy) is 1. The van der Waals surface area contributed by atoms with E-state index in [1.165, 1.54) is 32.1 Å². The van der Waals surface area contributed by atoms with Crippen molar-refractivity contribution in [2.24, 2.45) is 0 Å².